The molecule has 1 aromatic rings. The fourth-order valence-electron chi connectivity index (χ4n) is 1.41. The minimum atomic E-state index is -0.310. The van der Waals surface area contributed by atoms with Gasteiger partial charge in [-0.3, -0.25) is 9.78 Å². The summed E-state index contributed by atoms with van der Waals surface area (Å²) in [6.45, 7) is 6.39. The largest absolute Gasteiger partial charge is 0.494 e. The van der Waals surface area contributed by atoms with Crippen molar-refractivity contribution in [2.75, 3.05) is 13.1 Å². The summed E-state index contributed by atoms with van der Waals surface area (Å²) in [7, 11) is 0. The van der Waals surface area contributed by atoms with Gasteiger partial charge in [-0.2, -0.15) is 0 Å². The molecular formula is C9H16N3O2S+. The van der Waals surface area contributed by atoms with Crippen molar-refractivity contribution in [2.24, 2.45) is 0 Å². The van der Waals surface area contributed by atoms with Gasteiger partial charge in [0, 0.05) is 0 Å². The van der Waals surface area contributed by atoms with Gasteiger partial charge in [0.2, 0.25) is 5.88 Å². The molecule has 1 aromatic heterocycles. The zero-order valence-corrected chi connectivity index (χ0v) is 9.70. The molecule has 5 nitrogen and oxygen atoms in total. The second kappa shape index (κ2) is 5.09. The van der Waals surface area contributed by atoms with Crippen LogP contribution >= 0.6 is 12.2 Å². The molecule has 15 heavy (non-hydrogen) atoms. The molecule has 0 fully saturated rings. The second-order valence-corrected chi connectivity index (χ2v) is 3.78. The summed E-state index contributed by atoms with van der Waals surface area (Å²) >= 11 is 4.74. The van der Waals surface area contributed by atoms with Crippen LogP contribution < -0.4 is 10.5 Å². The maximum atomic E-state index is 11.5. The molecule has 0 aliphatic heterocycles. The number of hydrogen-bond donors (Lipinski definition) is 4. The summed E-state index contributed by atoms with van der Waals surface area (Å²) in [5.41, 5.74) is 0.0537. The number of aromatic hydroxyl groups is 1. The molecule has 1 heterocycles. The van der Waals surface area contributed by atoms with Crippen LogP contribution in [0.1, 0.15) is 19.4 Å². The predicted molar refractivity (Wildman–Crippen MR) is 59.7 cm³/mol. The standard InChI is InChI=1S/C9H15N3O2S/c1-3-12(4-2)5-6-7(13)10-9(15)11-8(6)14/h3-5H2,1-2H3,(H3,10,11,13,14,15)/p+1. The van der Waals surface area contributed by atoms with Crippen molar-refractivity contribution >= 4 is 12.2 Å². The van der Waals surface area contributed by atoms with Crippen LogP contribution in [0.25, 0.3) is 0 Å². The first-order chi connectivity index (χ1) is 7.08. The van der Waals surface area contributed by atoms with Gasteiger partial charge in [-0.1, -0.05) is 0 Å². The van der Waals surface area contributed by atoms with Crippen molar-refractivity contribution < 1.29 is 10.0 Å². The minimum Gasteiger partial charge on any atom is -0.494 e. The number of H-pyrrole nitrogens is 2. The fourth-order valence-corrected chi connectivity index (χ4v) is 1.60. The molecule has 0 aromatic carbocycles. The number of hydrogen-bond acceptors (Lipinski definition) is 3. The molecule has 0 atom stereocenters. The molecule has 84 valence electrons. The molecule has 0 amide bonds. The van der Waals surface area contributed by atoms with Crippen molar-refractivity contribution in [2.45, 2.75) is 20.4 Å². The third-order valence-electron chi connectivity index (χ3n) is 2.45. The Balaban J connectivity index is 3.04. The lowest BCUT2D eigenvalue weighted by Crippen LogP contribution is -3.10. The minimum absolute atomic E-state index is 0.122. The lowest BCUT2D eigenvalue weighted by Gasteiger charge is -2.14. The Labute approximate surface area is 92.8 Å². The van der Waals surface area contributed by atoms with Crippen LogP contribution in [0, 0.1) is 4.77 Å². The van der Waals surface area contributed by atoms with Crippen LogP contribution in [0.4, 0.5) is 0 Å². The molecule has 0 unspecified atom stereocenters. The maximum absolute atomic E-state index is 11.5. The third kappa shape index (κ3) is 2.90. The molecule has 0 saturated heterocycles. The zero-order chi connectivity index (χ0) is 11.4. The van der Waals surface area contributed by atoms with Crippen molar-refractivity contribution in [1.82, 2.24) is 9.97 Å². The highest BCUT2D eigenvalue weighted by molar-refractivity contribution is 7.71. The van der Waals surface area contributed by atoms with Crippen molar-refractivity contribution in [3.05, 3.63) is 20.7 Å². The average molecular weight is 230 g/mol. The van der Waals surface area contributed by atoms with Gasteiger partial charge in [0.05, 0.1) is 13.1 Å². The number of aromatic nitrogens is 2. The Bertz CT molecular complexity index is 434. The van der Waals surface area contributed by atoms with Gasteiger partial charge < -0.3 is 15.0 Å². The molecule has 0 saturated carbocycles. The van der Waals surface area contributed by atoms with Crippen LogP contribution in [0.5, 0.6) is 5.88 Å². The Morgan fingerprint density at radius 1 is 1.33 bits per heavy atom. The van der Waals surface area contributed by atoms with Crippen LogP contribution in [-0.2, 0) is 6.54 Å². The lowest BCUT2D eigenvalue weighted by molar-refractivity contribution is -0.910. The first-order valence-electron chi connectivity index (χ1n) is 4.96. The van der Waals surface area contributed by atoms with Gasteiger partial charge in [0.1, 0.15) is 12.1 Å². The molecule has 4 N–H and O–H groups in total. The van der Waals surface area contributed by atoms with Crippen molar-refractivity contribution in [3.8, 4) is 5.88 Å². The summed E-state index contributed by atoms with van der Waals surface area (Å²) in [5.74, 6) is -0.122. The van der Waals surface area contributed by atoms with Gasteiger partial charge in [0.15, 0.2) is 4.77 Å². The summed E-state index contributed by atoms with van der Waals surface area (Å²) in [5, 5.41) is 9.56. The van der Waals surface area contributed by atoms with E-state index in [2.05, 4.69) is 9.97 Å². The summed E-state index contributed by atoms with van der Waals surface area (Å²) in [4.78, 5) is 17.7. The highest BCUT2D eigenvalue weighted by Crippen LogP contribution is 2.04. The van der Waals surface area contributed by atoms with Gasteiger partial charge in [-0.05, 0) is 26.1 Å². The smallest absolute Gasteiger partial charge is 0.264 e. The van der Waals surface area contributed by atoms with E-state index in [4.69, 9.17) is 12.2 Å². The van der Waals surface area contributed by atoms with Crippen molar-refractivity contribution in [1.29, 1.82) is 0 Å². The molecule has 1 rings (SSSR count). The van der Waals surface area contributed by atoms with Gasteiger partial charge in [0.25, 0.3) is 5.56 Å². The Hall–Kier alpha value is -1.14. The summed E-state index contributed by atoms with van der Waals surface area (Å²) in [6.07, 6.45) is 0. The SMILES string of the molecule is CC[NH+](CC)Cc1c(O)[nH]c(=S)[nH]c1=O. The van der Waals surface area contributed by atoms with E-state index in [1.807, 2.05) is 13.8 Å². The zero-order valence-electron chi connectivity index (χ0n) is 8.89. The molecule has 0 spiro atoms. The van der Waals surface area contributed by atoms with Gasteiger partial charge in [-0.25, -0.2) is 0 Å². The Kier molecular flexibility index (Phi) is 4.05. The van der Waals surface area contributed by atoms with Crippen LogP contribution in [0.2, 0.25) is 0 Å². The predicted octanol–water partition coefficient (Wildman–Crippen LogP) is -0.437. The van der Waals surface area contributed by atoms with E-state index in [9.17, 15) is 9.90 Å². The van der Waals surface area contributed by atoms with Gasteiger partial charge >= 0.3 is 0 Å². The van der Waals surface area contributed by atoms with E-state index in [1.165, 1.54) is 4.90 Å². The summed E-state index contributed by atoms with van der Waals surface area (Å²) in [6, 6.07) is 0. The average Bonchev–Trinajstić information content (AvgIpc) is 2.17. The highest BCUT2D eigenvalue weighted by atomic mass is 32.1. The molecule has 0 aliphatic carbocycles. The first-order valence-corrected chi connectivity index (χ1v) is 5.37. The van der Waals surface area contributed by atoms with Crippen molar-refractivity contribution in [3.63, 3.8) is 0 Å². The highest BCUT2D eigenvalue weighted by Gasteiger charge is 2.13. The molecule has 6 heteroatoms. The van der Waals surface area contributed by atoms with E-state index < -0.39 is 0 Å². The lowest BCUT2D eigenvalue weighted by atomic mass is 10.3. The van der Waals surface area contributed by atoms with E-state index >= 15 is 0 Å². The number of quaternary nitrogens is 1. The Morgan fingerprint density at radius 3 is 2.40 bits per heavy atom. The third-order valence-corrected chi connectivity index (χ3v) is 2.65. The van der Waals surface area contributed by atoms with E-state index in [0.29, 0.717) is 12.1 Å². The second-order valence-electron chi connectivity index (χ2n) is 3.37. The van der Waals surface area contributed by atoms with E-state index in [-0.39, 0.29) is 16.2 Å². The normalized spacial score (nSPS) is 10.9. The number of rotatable bonds is 4. The molecule has 0 bridgehead atoms. The first kappa shape index (κ1) is 11.9. The van der Waals surface area contributed by atoms with Crippen LogP contribution in [0.15, 0.2) is 4.79 Å². The Morgan fingerprint density at radius 2 is 1.93 bits per heavy atom. The fraction of sp³-hybridized carbons (Fsp3) is 0.556. The van der Waals surface area contributed by atoms with Crippen LogP contribution in [0.3, 0.4) is 0 Å². The number of nitrogens with one attached hydrogen (secondary N) is 3. The molecule has 0 radical (unpaired) electrons. The quantitative estimate of drug-likeness (QED) is 0.530. The van der Waals surface area contributed by atoms with E-state index in [0.717, 1.165) is 13.1 Å². The van der Waals surface area contributed by atoms with Crippen LogP contribution in [-0.4, -0.2) is 28.2 Å². The maximum Gasteiger partial charge on any atom is 0.264 e. The molecular weight excluding hydrogens is 214 g/mol. The topological polar surface area (TPSA) is 73.3 Å². The molecule has 0 aliphatic rings. The van der Waals surface area contributed by atoms with Gasteiger partial charge in [-0.15, -0.1) is 0 Å². The number of aromatic amines is 2. The monoisotopic (exact) mass is 230 g/mol. The van der Waals surface area contributed by atoms with E-state index in [1.54, 1.807) is 0 Å². The summed E-state index contributed by atoms with van der Waals surface area (Å²) < 4.78 is 0.149.